The molecule has 0 amide bonds. The largest absolute Gasteiger partial charge is 0.478 e. The molecule has 2 aromatic carbocycles. The first-order valence-electron chi connectivity index (χ1n) is 6.91. The van der Waals surface area contributed by atoms with Gasteiger partial charge in [0.25, 0.3) is 0 Å². The summed E-state index contributed by atoms with van der Waals surface area (Å²) in [5.41, 5.74) is 9.53. The van der Waals surface area contributed by atoms with Crippen molar-refractivity contribution in [3.8, 4) is 0 Å². The first kappa shape index (κ1) is 12.7. The third-order valence-corrected chi connectivity index (χ3v) is 4.01. The van der Waals surface area contributed by atoms with Gasteiger partial charge in [-0.2, -0.15) is 0 Å². The minimum absolute atomic E-state index is 0.319. The second kappa shape index (κ2) is 5.00. The lowest BCUT2D eigenvalue weighted by atomic mass is 9.95. The Hall–Kier alpha value is -2.29. The highest BCUT2D eigenvalue weighted by molar-refractivity contribution is 6.08. The van der Waals surface area contributed by atoms with Crippen LogP contribution in [0, 0.1) is 0 Å². The monoisotopic (exact) mass is 267 g/mol. The van der Waals surface area contributed by atoms with E-state index in [9.17, 15) is 9.90 Å². The van der Waals surface area contributed by atoms with Crippen LogP contribution in [0.3, 0.4) is 0 Å². The molecule has 1 fully saturated rings. The van der Waals surface area contributed by atoms with Gasteiger partial charge in [-0.3, -0.25) is 0 Å². The van der Waals surface area contributed by atoms with E-state index in [1.165, 1.54) is 18.4 Å². The second-order valence-electron chi connectivity index (χ2n) is 5.24. The van der Waals surface area contributed by atoms with Crippen molar-refractivity contribution < 1.29 is 9.90 Å². The fourth-order valence-electron chi connectivity index (χ4n) is 3.01. The van der Waals surface area contributed by atoms with Crippen molar-refractivity contribution in [2.45, 2.75) is 25.7 Å². The minimum Gasteiger partial charge on any atom is -0.478 e. The van der Waals surface area contributed by atoms with Crippen LogP contribution in [0.15, 0.2) is 42.0 Å². The maximum absolute atomic E-state index is 11.5. The van der Waals surface area contributed by atoms with Crippen molar-refractivity contribution in [2.75, 3.05) is 0 Å². The predicted octanol–water partition coefficient (Wildman–Crippen LogP) is 3.78. The van der Waals surface area contributed by atoms with Gasteiger partial charge in [0.05, 0.1) is 5.56 Å². The molecule has 3 nitrogen and oxygen atoms in total. The number of fused-ring (bicyclic) bond motifs is 1. The van der Waals surface area contributed by atoms with Crippen molar-refractivity contribution in [1.29, 1.82) is 0 Å². The van der Waals surface area contributed by atoms with E-state index in [1.807, 2.05) is 24.3 Å². The summed E-state index contributed by atoms with van der Waals surface area (Å²) in [5, 5.41) is 11.1. The van der Waals surface area contributed by atoms with Crippen molar-refractivity contribution in [2.24, 2.45) is 5.73 Å². The molecule has 102 valence electrons. The molecule has 1 aliphatic rings. The summed E-state index contributed by atoms with van der Waals surface area (Å²) in [6, 6.07) is 11.1. The van der Waals surface area contributed by atoms with Crippen molar-refractivity contribution in [3.05, 3.63) is 53.1 Å². The topological polar surface area (TPSA) is 63.3 Å². The summed E-state index contributed by atoms with van der Waals surface area (Å²) < 4.78 is 0. The average molecular weight is 267 g/mol. The Labute approximate surface area is 117 Å². The van der Waals surface area contributed by atoms with Crippen LogP contribution in [-0.2, 0) is 0 Å². The summed E-state index contributed by atoms with van der Waals surface area (Å²) in [7, 11) is 0. The van der Waals surface area contributed by atoms with Gasteiger partial charge in [-0.1, -0.05) is 30.3 Å². The Kier molecular flexibility index (Phi) is 3.18. The number of benzene rings is 2. The van der Waals surface area contributed by atoms with Gasteiger partial charge in [0.2, 0.25) is 0 Å². The van der Waals surface area contributed by atoms with Crippen LogP contribution in [0.1, 0.15) is 41.6 Å². The lowest BCUT2D eigenvalue weighted by molar-refractivity contribution is 0.0699. The molecule has 0 aliphatic heterocycles. The number of carbonyl (C=O) groups is 1. The summed E-state index contributed by atoms with van der Waals surface area (Å²) >= 11 is 0. The van der Waals surface area contributed by atoms with E-state index in [0.717, 1.165) is 34.9 Å². The zero-order chi connectivity index (χ0) is 14.1. The molecular weight excluding hydrogens is 250 g/mol. The van der Waals surface area contributed by atoms with Crippen LogP contribution in [0.25, 0.3) is 16.5 Å². The van der Waals surface area contributed by atoms with Crippen molar-refractivity contribution in [3.63, 3.8) is 0 Å². The van der Waals surface area contributed by atoms with E-state index in [4.69, 9.17) is 5.73 Å². The fourth-order valence-corrected chi connectivity index (χ4v) is 3.01. The van der Waals surface area contributed by atoms with Crippen molar-refractivity contribution in [1.82, 2.24) is 0 Å². The normalized spacial score (nSPS) is 14.7. The SMILES string of the molecule is NC(=C1CCCC1)c1cccc2cccc(C(=O)O)c12. The Morgan fingerprint density at radius 3 is 2.20 bits per heavy atom. The number of hydrogen-bond acceptors (Lipinski definition) is 2. The van der Waals surface area contributed by atoms with Gasteiger partial charge in [0, 0.05) is 16.6 Å². The lowest BCUT2D eigenvalue weighted by Gasteiger charge is -2.12. The molecule has 1 saturated carbocycles. The number of rotatable bonds is 2. The van der Waals surface area contributed by atoms with Gasteiger partial charge >= 0.3 is 5.97 Å². The first-order chi connectivity index (χ1) is 9.68. The third kappa shape index (κ3) is 2.05. The Morgan fingerprint density at radius 2 is 1.60 bits per heavy atom. The van der Waals surface area contributed by atoms with Crippen LogP contribution in [0.5, 0.6) is 0 Å². The molecule has 0 heterocycles. The van der Waals surface area contributed by atoms with Gasteiger partial charge < -0.3 is 10.8 Å². The number of carboxylic acid groups (broad SMARTS) is 1. The zero-order valence-electron chi connectivity index (χ0n) is 11.2. The number of carboxylic acids is 1. The fraction of sp³-hybridized carbons (Fsp3) is 0.235. The summed E-state index contributed by atoms with van der Waals surface area (Å²) in [6.45, 7) is 0. The highest BCUT2D eigenvalue weighted by Crippen LogP contribution is 2.33. The maximum Gasteiger partial charge on any atom is 0.336 e. The Balaban J connectivity index is 2.30. The molecule has 0 spiro atoms. The molecule has 3 rings (SSSR count). The maximum atomic E-state index is 11.5. The third-order valence-electron chi connectivity index (χ3n) is 4.01. The lowest BCUT2D eigenvalue weighted by Crippen LogP contribution is -2.04. The molecule has 3 heteroatoms. The van der Waals surface area contributed by atoms with Crippen LogP contribution < -0.4 is 5.73 Å². The highest BCUT2D eigenvalue weighted by atomic mass is 16.4. The van der Waals surface area contributed by atoms with E-state index in [2.05, 4.69) is 0 Å². The van der Waals surface area contributed by atoms with Crippen LogP contribution in [-0.4, -0.2) is 11.1 Å². The molecule has 3 N–H and O–H groups in total. The average Bonchev–Trinajstić information content (AvgIpc) is 2.99. The Bertz CT molecular complexity index is 703. The number of hydrogen-bond donors (Lipinski definition) is 2. The standard InChI is InChI=1S/C17H17NO2/c18-16(12-5-1-2-6-12)13-9-3-7-11-8-4-10-14(15(11)13)17(19)20/h3-4,7-10H,1-2,5-6,18H2,(H,19,20). The van der Waals surface area contributed by atoms with Crippen LogP contribution in [0.4, 0.5) is 0 Å². The molecule has 2 aromatic rings. The summed E-state index contributed by atoms with van der Waals surface area (Å²) in [6.07, 6.45) is 4.40. The van der Waals surface area contributed by atoms with E-state index < -0.39 is 5.97 Å². The van der Waals surface area contributed by atoms with Gasteiger partial charge in [0.1, 0.15) is 0 Å². The van der Waals surface area contributed by atoms with E-state index in [1.54, 1.807) is 12.1 Å². The van der Waals surface area contributed by atoms with E-state index >= 15 is 0 Å². The number of allylic oxidation sites excluding steroid dienone is 1. The number of nitrogens with two attached hydrogens (primary N) is 1. The molecule has 0 saturated heterocycles. The van der Waals surface area contributed by atoms with E-state index in [0.29, 0.717) is 5.56 Å². The van der Waals surface area contributed by atoms with Crippen LogP contribution >= 0.6 is 0 Å². The summed E-state index contributed by atoms with van der Waals surface area (Å²) in [4.78, 5) is 11.5. The van der Waals surface area contributed by atoms with Gasteiger partial charge in [-0.15, -0.1) is 0 Å². The Morgan fingerprint density at radius 1 is 1.00 bits per heavy atom. The molecule has 1 aliphatic carbocycles. The smallest absolute Gasteiger partial charge is 0.336 e. The molecule has 0 unspecified atom stereocenters. The van der Waals surface area contributed by atoms with E-state index in [-0.39, 0.29) is 0 Å². The van der Waals surface area contributed by atoms with Gasteiger partial charge in [-0.25, -0.2) is 4.79 Å². The molecule has 20 heavy (non-hydrogen) atoms. The van der Waals surface area contributed by atoms with Crippen molar-refractivity contribution >= 4 is 22.4 Å². The second-order valence-corrected chi connectivity index (χ2v) is 5.24. The van der Waals surface area contributed by atoms with Crippen LogP contribution in [0.2, 0.25) is 0 Å². The molecule has 0 aromatic heterocycles. The molecular formula is C17H17NO2. The molecule has 0 atom stereocenters. The summed E-state index contributed by atoms with van der Waals surface area (Å²) in [5.74, 6) is -0.910. The quantitative estimate of drug-likeness (QED) is 0.870. The zero-order valence-corrected chi connectivity index (χ0v) is 11.2. The van der Waals surface area contributed by atoms with Gasteiger partial charge in [-0.05, 0) is 42.7 Å². The number of aromatic carboxylic acids is 1. The van der Waals surface area contributed by atoms with Gasteiger partial charge in [0.15, 0.2) is 0 Å². The minimum atomic E-state index is -0.910. The predicted molar refractivity (Wildman–Crippen MR) is 80.5 cm³/mol. The molecule has 0 bridgehead atoms. The highest BCUT2D eigenvalue weighted by Gasteiger charge is 2.17. The first-order valence-corrected chi connectivity index (χ1v) is 6.91. The molecule has 0 radical (unpaired) electrons.